The summed E-state index contributed by atoms with van der Waals surface area (Å²) in [6.07, 6.45) is 4.81. The Morgan fingerprint density at radius 3 is 2.48 bits per heavy atom. The van der Waals surface area contributed by atoms with Crippen LogP contribution < -0.4 is 10.1 Å². The number of aryl methyl sites for hydroxylation is 1. The van der Waals surface area contributed by atoms with E-state index in [1.165, 1.54) is 30.4 Å². The molecule has 0 atom stereocenters. The molecule has 0 heterocycles. The van der Waals surface area contributed by atoms with Crippen LogP contribution in [0.25, 0.3) is 0 Å². The van der Waals surface area contributed by atoms with Gasteiger partial charge in [0.1, 0.15) is 5.75 Å². The molecule has 0 bridgehead atoms. The molecule has 0 aliphatic carbocycles. The van der Waals surface area contributed by atoms with E-state index in [-0.39, 0.29) is 5.41 Å². The highest BCUT2D eigenvalue weighted by molar-refractivity contribution is 5.41. The summed E-state index contributed by atoms with van der Waals surface area (Å²) < 4.78 is 6.03. The maximum atomic E-state index is 6.03. The molecular formula is C19H33NO. The van der Waals surface area contributed by atoms with Crippen LogP contribution in [0.1, 0.15) is 64.5 Å². The highest BCUT2D eigenvalue weighted by atomic mass is 16.5. The van der Waals surface area contributed by atoms with Crippen LogP contribution in [0.4, 0.5) is 0 Å². The SMILES string of the molecule is CCCNCCCCCOc1ccc(C)cc1C(C)(C)C. The molecule has 1 aromatic carbocycles. The first-order chi connectivity index (χ1) is 9.95. The summed E-state index contributed by atoms with van der Waals surface area (Å²) in [6.45, 7) is 14.2. The molecule has 0 unspecified atom stereocenters. The molecule has 21 heavy (non-hydrogen) atoms. The van der Waals surface area contributed by atoms with E-state index in [1.54, 1.807) is 0 Å². The number of hydrogen-bond donors (Lipinski definition) is 1. The Morgan fingerprint density at radius 2 is 1.81 bits per heavy atom. The molecule has 0 amide bonds. The summed E-state index contributed by atoms with van der Waals surface area (Å²) in [5, 5.41) is 3.44. The van der Waals surface area contributed by atoms with E-state index in [1.807, 2.05) is 0 Å². The third-order valence-electron chi connectivity index (χ3n) is 3.63. The second kappa shape index (κ2) is 9.09. The van der Waals surface area contributed by atoms with E-state index in [0.717, 1.165) is 31.9 Å². The maximum Gasteiger partial charge on any atom is 0.123 e. The lowest BCUT2D eigenvalue weighted by atomic mass is 9.85. The summed E-state index contributed by atoms with van der Waals surface area (Å²) in [5.74, 6) is 1.05. The average Bonchev–Trinajstić information content (AvgIpc) is 2.42. The van der Waals surface area contributed by atoms with E-state index in [2.05, 4.69) is 58.1 Å². The van der Waals surface area contributed by atoms with Gasteiger partial charge in [-0.1, -0.05) is 45.4 Å². The minimum Gasteiger partial charge on any atom is -0.493 e. The highest BCUT2D eigenvalue weighted by Gasteiger charge is 2.18. The lowest BCUT2D eigenvalue weighted by molar-refractivity contribution is 0.297. The van der Waals surface area contributed by atoms with Gasteiger partial charge in [0.25, 0.3) is 0 Å². The molecule has 0 radical (unpaired) electrons. The van der Waals surface area contributed by atoms with Crippen LogP contribution in [0.3, 0.4) is 0 Å². The van der Waals surface area contributed by atoms with Gasteiger partial charge in [0, 0.05) is 0 Å². The van der Waals surface area contributed by atoms with Gasteiger partial charge in [-0.25, -0.2) is 0 Å². The van der Waals surface area contributed by atoms with Crippen molar-refractivity contribution in [3.63, 3.8) is 0 Å². The minimum absolute atomic E-state index is 0.130. The molecule has 0 saturated heterocycles. The lowest BCUT2D eigenvalue weighted by Crippen LogP contribution is -2.16. The Morgan fingerprint density at radius 1 is 1.05 bits per heavy atom. The number of ether oxygens (including phenoxy) is 1. The van der Waals surface area contributed by atoms with Gasteiger partial charge in [-0.05, 0) is 62.7 Å². The third kappa shape index (κ3) is 6.99. The highest BCUT2D eigenvalue weighted by Crippen LogP contribution is 2.32. The van der Waals surface area contributed by atoms with Gasteiger partial charge in [-0.15, -0.1) is 0 Å². The zero-order chi connectivity index (χ0) is 15.7. The van der Waals surface area contributed by atoms with Crippen molar-refractivity contribution in [1.29, 1.82) is 0 Å². The molecule has 2 heteroatoms. The van der Waals surface area contributed by atoms with Gasteiger partial charge >= 0.3 is 0 Å². The summed E-state index contributed by atoms with van der Waals surface area (Å²) in [6, 6.07) is 6.52. The van der Waals surface area contributed by atoms with Crippen LogP contribution in [0.5, 0.6) is 5.75 Å². The van der Waals surface area contributed by atoms with Crippen LogP contribution in [0, 0.1) is 6.92 Å². The van der Waals surface area contributed by atoms with Gasteiger partial charge < -0.3 is 10.1 Å². The Hall–Kier alpha value is -1.02. The first-order valence-electron chi connectivity index (χ1n) is 8.40. The molecule has 120 valence electrons. The van der Waals surface area contributed by atoms with Crippen molar-refractivity contribution in [3.8, 4) is 5.75 Å². The average molecular weight is 291 g/mol. The zero-order valence-electron chi connectivity index (χ0n) is 14.6. The van der Waals surface area contributed by atoms with E-state index in [9.17, 15) is 0 Å². The summed E-state index contributed by atoms with van der Waals surface area (Å²) in [5.41, 5.74) is 2.74. The molecule has 2 nitrogen and oxygen atoms in total. The standard InChI is InChI=1S/C19H33NO/c1-6-12-20-13-8-7-9-14-21-18-11-10-16(2)15-17(18)19(3,4)5/h10-11,15,20H,6-9,12-14H2,1-5H3. The fourth-order valence-corrected chi connectivity index (χ4v) is 2.37. The van der Waals surface area contributed by atoms with Crippen LogP contribution in [-0.2, 0) is 5.41 Å². The molecule has 1 aromatic rings. The van der Waals surface area contributed by atoms with E-state index in [0.29, 0.717) is 0 Å². The number of unbranched alkanes of at least 4 members (excludes halogenated alkanes) is 2. The Balaban J connectivity index is 2.35. The lowest BCUT2D eigenvalue weighted by Gasteiger charge is -2.23. The van der Waals surface area contributed by atoms with Crippen molar-refractivity contribution < 1.29 is 4.74 Å². The van der Waals surface area contributed by atoms with Crippen molar-refractivity contribution in [2.75, 3.05) is 19.7 Å². The monoisotopic (exact) mass is 291 g/mol. The zero-order valence-corrected chi connectivity index (χ0v) is 14.6. The predicted octanol–water partition coefficient (Wildman–Crippen LogP) is 4.84. The summed E-state index contributed by atoms with van der Waals surface area (Å²) in [7, 11) is 0. The largest absolute Gasteiger partial charge is 0.493 e. The number of nitrogens with one attached hydrogen (secondary N) is 1. The molecule has 1 rings (SSSR count). The van der Waals surface area contributed by atoms with Crippen LogP contribution >= 0.6 is 0 Å². The first kappa shape index (κ1) is 18.0. The van der Waals surface area contributed by atoms with E-state index in [4.69, 9.17) is 4.74 Å². The van der Waals surface area contributed by atoms with Gasteiger partial charge in [0.15, 0.2) is 0 Å². The smallest absolute Gasteiger partial charge is 0.123 e. The molecule has 0 saturated carbocycles. The summed E-state index contributed by atoms with van der Waals surface area (Å²) >= 11 is 0. The molecule has 0 aromatic heterocycles. The Bertz CT molecular complexity index is 407. The molecule has 1 N–H and O–H groups in total. The molecule has 0 fully saturated rings. The minimum atomic E-state index is 0.130. The normalized spacial score (nSPS) is 11.7. The van der Waals surface area contributed by atoms with Gasteiger partial charge in [0.2, 0.25) is 0 Å². The van der Waals surface area contributed by atoms with Crippen molar-refractivity contribution in [2.24, 2.45) is 0 Å². The van der Waals surface area contributed by atoms with Gasteiger partial charge in [-0.3, -0.25) is 0 Å². The van der Waals surface area contributed by atoms with Crippen molar-refractivity contribution in [1.82, 2.24) is 5.32 Å². The predicted molar refractivity (Wildman–Crippen MR) is 92.4 cm³/mol. The van der Waals surface area contributed by atoms with Gasteiger partial charge in [0.05, 0.1) is 6.61 Å². The molecule has 0 aliphatic heterocycles. The molecule has 0 aliphatic rings. The van der Waals surface area contributed by atoms with E-state index >= 15 is 0 Å². The Kier molecular flexibility index (Phi) is 7.81. The third-order valence-corrected chi connectivity index (χ3v) is 3.63. The second-order valence-electron chi connectivity index (χ2n) is 6.91. The van der Waals surface area contributed by atoms with Crippen LogP contribution in [0.15, 0.2) is 18.2 Å². The van der Waals surface area contributed by atoms with Crippen molar-refractivity contribution in [2.45, 2.75) is 65.7 Å². The topological polar surface area (TPSA) is 21.3 Å². The Labute approximate surface area is 131 Å². The summed E-state index contributed by atoms with van der Waals surface area (Å²) in [4.78, 5) is 0. The molecule has 0 spiro atoms. The van der Waals surface area contributed by atoms with Crippen molar-refractivity contribution in [3.05, 3.63) is 29.3 Å². The molecular weight excluding hydrogens is 258 g/mol. The maximum absolute atomic E-state index is 6.03. The number of rotatable bonds is 9. The fraction of sp³-hybridized carbons (Fsp3) is 0.684. The fourth-order valence-electron chi connectivity index (χ4n) is 2.37. The van der Waals surface area contributed by atoms with Crippen LogP contribution in [0.2, 0.25) is 0 Å². The van der Waals surface area contributed by atoms with E-state index < -0.39 is 0 Å². The first-order valence-corrected chi connectivity index (χ1v) is 8.40. The van der Waals surface area contributed by atoms with Crippen LogP contribution in [-0.4, -0.2) is 19.7 Å². The van der Waals surface area contributed by atoms with Crippen molar-refractivity contribution >= 4 is 0 Å². The van der Waals surface area contributed by atoms with Gasteiger partial charge in [-0.2, -0.15) is 0 Å². The quantitative estimate of drug-likeness (QED) is 0.657. The number of hydrogen-bond acceptors (Lipinski definition) is 2. The number of benzene rings is 1. The second-order valence-corrected chi connectivity index (χ2v) is 6.91.